The monoisotopic (exact) mass is 299 g/mol. The third kappa shape index (κ3) is 6.21. The summed E-state index contributed by atoms with van der Waals surface area (Å²) in [5, 5.41) is 13.0. The SMILES string of the molecule is CC(C)CC(O)CNC(=O)CN(C)c1ccc(Cl)cn1. The number of aliphatic hydroxyl groups excluding tert-OH is 1. The van der Waals surface area contributed by atoms with E-state index in [1.165, 1.54) is 6.20 Å². The minimum Gasteiger partial charge on any atom is -0.391 e. The summed E-state index contributed by atoms with van der Waals surface area (Å²) in [6, 6.07) is 3.48. The van der Waals surface area contributed by atoms with Crippen LogP contribution in [0.5, 0.6) is 0 Å². The van der Waals surface area contributed by atoms with Crippen molar-refractivity contribution in [3.8, 4) is 0 Å². The number of carbonyl (C=O) groups is 1. The number of rotatable bonds is 7. The molecule has 112 valence electrons. The van der Waals surface area contributed by atoms with Crippen LogP contribution < -0.4 is 10.2 Å². The highest BCUT2D eigenvalue weighted by Crippen LogP contribution is 2.12. The van der Waals surface area contributed by atoms with Crippen LogP contribution in [0.2, 0.25) is 5.02 Å². The third-order valence-corrected chi connectivity index (χ3v) is 2.99. The summed E-state index contributed by atoms with van der Waals surface area (Å²) in [5.41, 5.74) is 0. The number of nitrogens with one attached hydrogen (secondary N) is 1. The molecule has 1 aromatic rings. The van der Waals surface area contributed by atoms with Gasteiger partial charge in [-0.25, -0.2) is 4.98 Å². The minimum absolute atomic E-state index is 0.146. The number of halogens is 1. The fraction of sp³-hybridized carbons (Fsp3) is 0.571. The van der Waals surface area contributed by atoms with Crippen molar-refractivity contribution in [2.24, 2.45) is 5.92 Å². The molecule has 1 heterocycles. The summed E-state index contributed by atoms with van der Waals surface area (Å²) in [6.45, 7) is 4.53. The Balaban J connectivity index is 2.36. The van der Waals surface area contributed by atoms with Gasteiger partial charge in [0.2, 0.25) is 5.91 Å². The first kappa shape index (κ1) is 16.7. The molecule has 1 atom stereocenters. The molecule has 5 nitrogen and oxygen atoms in total. The molecular formula is C14H22ClN3O2. The summed E-state index contributed by atoms with van der Waals surface area (Å²) in [7, 11) is 1.78. The van der Waals surface area contributed by atoms with Gasteiger partial charge in [0, 0.05) is 19.8 Å². The molecule has 0 saturated carbocycles. The molecule has 0 fully saturated rings. The van der Waals surface area contributed by atoms with Crippen LogP contribution in [0.1, 0.15) is 20.3 Å². The maximum absolute atomic E-state index is 11.8. The minimum atomic E-state index is -0.502. The molecule has 1 rings (SSSR count). The van der Waals surface area contributed by atoms with Crippen LogP contribution in [0.15, 0.2) is 18.3 Å². The van der Waals surface area contributed by atoms with Gasteiger partial charge in [0.25, 0.3) is 0 Å². The Morgan fingerprint density at radius 3 is 2.75 bits per heavy atom. The van der Waals surface area contributed by atoms with Gasteiger partial charge in [-0.3, -0.25) is 4.79 Å². The number of likely N-dealkylation sites (N-methyl/N-ethyl adjacent to an activating group) is 1. The Kier molecular flexibility index (Phi) is 6.75. The predicted octanol–water partition coefficient (Wildman–Crippen LogP) is 1.69. The number of carbonyl (C=O) groups excluding carboxylic acids is 1. The van der Waals surface area contributed by atoms with Gasteiger partial charge in [0.05, 0.1) is 17.7 Å². The normalized spacial score (nSPS) is 12.3. The second kappa shape index (κ2) is 8.07. The smallest absolute Gasteiger partial charge is 0.239 e. The molecule has 0 aliphatic rings. The summed E-state index contributed by atoms with van der Waals surface area (Å²) in [4.78, 5) is 17.6. The largest absolute Gasteiger partial charge is 0.391 e. The number of anilines is 1. The van der Waals surface area contributed by atoms with Crippen molar-refractivity contribution in [3.05, 3.63) is 23.4 Å². The van der Waals surface area contributed by atoms with Gasteiger partial charge in [0.1, 0.15) is 5.82 Å². The molecule has 1 aromatic heterocycles. The lowest BCUT2D eigenvalue weighted by atomic mass is 10.1. The predicted molar refractivity (Wildman–Crippen MR) is 81.0 cm³/mol. The van der Waals surface area contributed by atoms with Gasteiger partial charge < -0.3 is 15.3 Å². The van der Waals surface area contributed by atoms with E-state index in [1.54, 1.807) is 24.1 Å². The number of nitrogens with zero attached hydrogens (tertiary/aromatic N) is 2. The summed E-state index contributed by atoms with van der Waals surface area (Å²) >= 11 is 5.76. The average Bonchev–Trinajstić information content (AvgIpc) is 2.36. The van der Waals surface area contributed by atoms with Gasteiger partial charge >= 0.3 is 0 Å². The highest BCUT2D eigenvalue weighted by Gasteiger charge is 2.11. The van der Waals surface area contributed by atoms with E-state index in [2.05, 4.69) is 10.3 Å². The van der Waals surface area contributed by atoms with E-state index < -0.39 is 6.10 Å². The molecule has 0 spiro atoms. The quantitative estimate of drug-likeness (QED) is 0.804. The number of aromatic nitrogens is 1. The molecule has 0 aliphatic heterocycles. The maximum Gasteiger partial charge on any atom is 0.239 e. The fourth-order valence-electron chi connectivity index (χ4n) is 1.81. The zero-order chi connectivity index (χ0) is 15.1. The fourth-order valence-corrected chi connectivity index (χ4v) is 1.92. The van der Waals surface area contributed by atoms with Crippen LogP contribution in [-0.4, -0.2) is 42.2 Å². The van der Waals surface area contributed by atoms with Crippen molar-refractivity contribution in [2.45, 2.75) is 26.4 Å². The van der Waals surface area contributed by atoms with Gasteiger partial charge in [-0.15, -0.1) is 0 Å². The number of pyridine rings is 1. The summed E-state index contributed by atoms with van der Waals surface area (Å²) < 4.78 is 0. The first-order valence-electron chi connectivity index (χ1n) is 6.66. The molecule has 1 amide bonds. The lowest BCUT2D eigenvalue weighted by molar-refractivity contribution is -0.120. The molecule has 6 heteroatoms. The van der Waals surface area contributed by atoms with E-state index in [1.807, 2.05) is 13.8 Å². The molecular weight excluding hydrogens is 278 g/mol. The Morgan fingerprint density at radius 1 is 1.50 bits per heavy atom. The number of aliphatic hydroxyl groups is 1. The van der Waals surface area contributed by atoms with Gasteiger partial charge in [-0.05, 0) is 24.5 Å². The molecule has 0 radical (unpaired) electrons. The van der Waals surface area contributed by atoms with Crippen LogP contribution in [-0.2, 0) is 4.79 Å². The van der Waals surface area contributed by atoms with Gasteiger partial charge in [0.15, 0.2) is 0 Å². The van der Waals surface area contributed by atoms with Crippen LogP contribution in [0, 0.1) is 5.92 Å². The van der Waals surface area contributed by atoms with E-state index in [9.17, 15) is 9.90 Å². The number of hydrogen-bond donors (Lipinski definition) is 2. The average molecular weight is 300 g/mol. The van der Waals surface area contributed by atoms with Crippen molar-refractivity contribution in [1.82, 2.24) is 10.3 Å². The summed E-state index contributed by atoms with van der Waals surface area (Å²) in [6.07, 6.45) is 1.71. The van der Waals surface area contributed by atoms with Crippen molar-refractivity contribution < 1.29 is 9.90 Å². The first-order chi connectivity index (χ1) is 9.38. The Bertz CT molecular complexity index is 423. The molecule has 20 heavy (non-hydrogen) atoms. The molecule has 0 saturated heterocycles. The number of amides is 1. The van der Waals surface area contributed by atoms with E-state index in [4.69, 9.17) is 11.6 Å². The highest BCUT2D eigenvalue weighted by molar-refractivity contribution is 6.30. The number of hydrogen-bond acceptors (Lipinski definition) is 4. The molecule has 2 N–H and O–H groups in total. The zero-order valence-electron chi connectivity index (χ0n) is 12.1. The highest BCUT2D eigenvalue weighted by atomic mass is 35.5. The van der Waals surface area contributed by atoms with Crippen molar-refractivity contribution in [1.29, 1.82) is 0 Å². The molecule has 1 unspecified atom stereocenters. The second-order valence-electron chi connectivity index (χ2n) is 5.28. The lowest BCUT2D eigenvalue weighted by Gasteiger charge is -2.19. The molecule has 0 bridgehead atoms. The van der Waals surface area contributed by atoms with Crippen LogP contribution in [0.3, 0.4) is 0 Å². The summed E-state index contributed by atoms with van der Waals surface area (Å²) in [5.74, 6) is 0.933. The van der Waals surface area contributed by atoms with E-state index in [-0.39, 0.29) is 19.0 Å². The van der Waals surface area contributed by atoms with Crippen molar-refractivity contribution >= 4 is 23.3 Å². The Morgan fingerprint density at radius 2 is 2.20 bits per heavy atom. The lowest BCUT2D eigenvalue weighted by Crippen LogP contribution is -2.39. The van der Waals surface area contributed by atoms with E-state index >= 15 is 0 Å². The van der Waals surface area contributed by atoms with Crippen LogP contribution in [0.25, 0.3) is 0 Å². The first-order valence-corrected chi connectivity index (χ1v) is 7.03. The zero-order valence-corrected chi connectivity index (χ0v) is 12.9. The molecule has 0 aliphatic carbocycles. The van der Waals surface area contributed by atoms with Crippen molar-refractivity contribution in [3.63, 3.8) is 0 Å². The third-order valence-electron chi connectivity index (χ3n) is 2.76. The topological polar surface area (TPSA) is 65.5 Å². The maximum atomic E-state index is 11.8. The molecule has 0 aromatic carbocycles. The van der Waals surface area contributed by atoms with E-state index in [0.717, 1.165) is 0 Å². The Labute approximate surface area is 125 Å². The van der Waals surface area contributed by atoms with Crippen LogP contribution >= 0.6 is 11.6 Å². The van der Waals surface area contributed by atoms with Gasteiger partial charge in [-0.1, -0.05) is 25.4 Å². The van der Waals surface area contributed by atoms with E-state index in [0.29, 0.717) is 23.2 Å². The standard InChI is InChI=1S/C14H22ClN3O2/c1-10(2)6-12(19)8-17-14(20)9-18(3)13-5-4-11(15)7-16-13/h4-5,7,10,12,19H,6,8-9H2,1-3H3,(H,17,20). The van der Waals surface area contributed by atoms with Gasteiger partial charge in [-0.2, -0.15) is 0 Å². The second-order valence-corrected chi connectivity index (χ2v) is 5.71. The Hall–Kier alpha value is -1.33. The van der Waals surface area contributed by atoms with Crippen LogP contribution in [0.4, 0.5) is 5.82 Å². The van der Waals surface area contributed by atoms with Crippen molar-refractivity contribution in [2.75, 3.05) is 25.0 Å².